The lowest BCUT2D eigenvalue weighted by Crippen LogP contribution is -2.95. The van der Waals surface area contributed by atoms with Gasteiger partial charge in [0.2, 0.25) is 12.1 Å². The Morgan fingerprint density at radius 2 is 2.16 bits per heavy atom. The van der Waals surface area contributed by atoms with Gasteiger partial charge in [0.25, 0.3) is 3.79 Å². The Hall–Kier alpha value is -0.550. The van der Waals surface area contributed by atoms with Gasteiger partial charge in [0.1, 0.15) is 6.54 Å². The number of rotatable bonds is 5. The molecule has 1 atom stereocenters. The Labute approximate surface area is 127 Å². The van der Waals surface area contributed by atoms with Crippen molar-refractivity contribution in [2.75, 3.05) is 0 Å². The Morgan fingerprint density at radius 3 is 2.63 bits per heavy atom. The molecule has 1 unspecified atom stereocenters. The van der Waals surface area contributed by atoms with Crippen molar-refractivity contribution in [3.63, 3.8) is 0 Å². The first-order valence-electron chi connectivity index (χ1n) is 5.90. The van der Waals surface area contributed by atoms with Gasteiger partial charge in [-0.25, -0.2) is 0 Å². The number of hydrogen-bond donors (Lipinski definition) is 2. The highest BCUT2D eigenvalue weighted by molar-refractivity contribution is 6.68. The molecule has 0 aliphatic heterocycles. The molecular formula is C12H17Cl3N3O+. The van der Waals surface area contributed by atoms with Crippen molar-refractivity contribution in [2.45, 2.75) is 30.4 Å². The number of aromatic nitrogens is 1. The second-order valence-electron chi connectivity index (χ2n) is 4.48. The molecule has 0 saturated heterocycles. The molecule has 0 bridgehead atoms. The van der Waals surface area contributed by atoms with Crippen LogP contribution in [0.3, 0.4) is 0 Å². The van der Waals surface area contributed by atoms with Gasteiger partial charge in [-0.05, 0) is 6.07 Å². The highest BCUT2D eigenvalue weighted by atomic mass is 35.6. The lowest BCUT2D eigenvalue weighted by Gasteiger charge is -2.24. The van der Waals surface area contributed by atoms with Gasteiger partial charge >= 0.3 is 0 Å². The number of nitrogens with one attached hydrogen (secondary N) is 1. The summed E-state index contributed by atoms with van der Waals surface area (Å²) in [6, 6.07) is 3.75. The molecule has 0 saturated carbocycles. The van der Waals surface area contributed by atoms with Gasteiger partial charge in [-0.1, -0.05) is 54.7 Å². The van der Waals surface area contributed by atoms with E-state index in [-0.39, 0.29) is 11.8 Å². The zero-order valence-electron chi connectivity index (χ0n) is 10.7. The molecule has 3 N–H and O–H groups in total. The highest BCUT2D eigenvalue weighted by Gasteiger charge is 2.37. The SMILES string of the molecule is CC(C)C(=O)NC([NH2+]Cc1cccnc1)C(Cl)(Cl)Cl. The fourth-order valence-corrected chi connectivity index (χ4v) is 1.80. The largest absolute Gasteiger partial charge is 0.319 e. The maximum Gasteiger partial charge on any atom is 0.262 e. The zero-order chi connectivity index (χ0) is 14.5. The summed E-state index contributed by atoms with van der Waals surface area (Å²) in [4.78, 5) is 15.7. The van der Waals surface area contributed by atoms with E-state index in [0.717, 1.165) is 5.56 Å². The van der Waals surface area contributed by atoms with Crippen LogP contribution in [0.4, 0.5) is 0 Å². The van der Waals surface area contributed by atoms with Crippen LogP contribution in [0.25, 0.3) is 0 Å². The quantitative estimate of drug-likeness (QED) is 0.638. The third-order valence-electron chi connectivity index (χ3n) is 2.49. The molecule has 106 valence electrons. The first kappa shape index (κ1) is 16.5. The minimum atomic E-state index is -1.58. The van der Waals surface area contributed by atoms with Gasteiger partial charge in [0.05, 0.1) is 0 Å². The van der Waals surface area contributed by atoms with Crippen molar-refractivity contribution in [2.24, 2.45) is 5.92 Å². The van der Waals surface area contributed by atoms with E-state index >= 15 is 0 Å². The number of carbonyl (C=O) groups is 1. The van der Waals surface area contributed by atoms with Gasteiger partial charge in [0, 0.05) is 23.9 Å². The van der Waals surface area contributed by atoms with E-state index in [1.54, 1.807) is 31.6 Å². The van der Waals surface area contributed by atoms with Crippen LogP contribution in [0, 0.1) is 5.92 Å². The van der Waals surface area contributed by atoms with Crippen molar-refractivity contribution in [1.82, 2.24) is 10.3 Å². The third-order valence-corrected chi connectivity index (χ3v) is 3.19. The molecule has 19 heavy (non-hydrogen) atoms. The van der Waals surface area contributed by atoms with Crippen LogP contribution in [0.15, 0.2) is 24.5 Å². The second kappa shape index (κ2) is 7.29. The summed E-state index contributed by atoms with van der Waals surface area (Å²) in [5.41, 5.74) is 0.987. The molecule has 0 aliphatic rings. The van der Waals surface area contributed by atoms with Crippen molar-refractivity contribution in [3.8, 4) is 0 Å². The van der Waals surface area contributed by atoms with Crippen LogP contribution in [-0.2, 0) is 11.3 Å². The fourth-order valence-electron chi connectivity index (χ4n) is 1.37. The lowest BCUT2D eigenvalue weighted by molar-refractivity contribution is -0.707. The number of quaternary nitrogens is 1. The van der Waals surface area contributed by atoms with Crippen molar-refractivity contribution >= 4 is 40.7 Å². The molecule has 1 amide bonds. The van der Waals surface area contributed by atoms with E-state index in [4.69, 9.17) is 34.8 Å². The molecule has 1 aromatic heterocycles. The molecule has 0 radical (unpaired) electrons. The van der Waals surface area contributed by atoms with Crippen LogP contribution < -0.4 is 10.6 Å². The summed E-state index contributed by atoms with van der Waals surface area (Å²) in [6.45, 7) is 4.13. The maximum atomic E-state index is 11.7. The molecule has 4 nitrogen and oxygen atoms in total. The van der Waals surface area contributed by atoms with E-state index < -0.39 is 9.96 Å². The summed E-state index contributed by atoms with van der Waals surface area (Å²) in [6.07, 6.45) is 2.78. The minimum absolute atomic E-state index is 0.154. The molecule has 0 spiro atoms. The fraction of sp³-hybridized carbons (Fsp3) is 0.500. The first-order chi connectivity index (χ1) is 8.80. The minimum Gasteiger partial charge on any atom is -0.319 e. The van der Waals surface area contributed by atoms with E-state index in [9.17, 15) is 4.79 Å². The number of carbonyl (C=O) groups excluding carboxylic acids is 1. The predicted molar refractivity (Wildman–Crippen MR) is 76.9 cm³/mol. The van der Waals surface area contributed by atoms with Gasteiger partial charge in [0.15, 0.2) is 0 Å². The number of amides is 1. The molecule has 1 rings (SSSR count). The summed E-state index contributed by atoms with van der Waals surface area (Å²) >= 11 is 17.7. The maximum absolute atomic E-state index is 11.7. The molecule has 0 fully saturated rings. The van der Waals surface area contributed by atoms with E-state index in [0.29, 0.717) is 6.54 Å². The van der Waals surface area contributed by atoms with Gasteiger partial charge in [-0.2, -0.15) is 0 Å². The van der Waals surface area contributed by atoms with Gasteiger partial charge in [-0.3, -0.25) is 9.78 Å². The van der Waals surface area contributed by atoms with E-state index in [2.05, 4.69) is 10.3 Å². The number of halogens is 3. The predicted octanol–water partition coefficient (Wildman–Crippen LogP) is 1.61. The van der Waals surface area contributed by atoms with Crippen LogP contribution in [-0.4, -0.2) is 20.8 Å². The summed E-state index contributed by atoms with van der Waals surface area (Å²) in [5, 5.41) is 4.48. The molecule has 7 heteroatoms. The van der Waals surface area contributed by atoms with Gasteiger partial charge < -0.3 is 10.6 Å². The van der Waals surface area contributed by atoms with E-state index in [1.807, 2.05) is 12.1 Å². The topological polar surface area (TPSA) is 58.6 Å². The number of alkyl halides is 3. The molecule has 0 aromatic carbocycles. The standard InChI is InChI=1S/C12H16Cl3N3O/c1-8(2)10(19)18-11(12(13,14)15)17-7-9-4-3-5-16-6-9/h3-6,8,11,17H,7H2,1-2H3,(H,18,19)/p+1. The Kier molecular flexibility index (Phi) is 6.33. The Bertz CT molecular complexity index is 406. The highest BCUT2D eigenvalue weighted by Crippen LogP contribution is 2.27. The normalized spacial score (nSPS) is 13.4. The number of nitrogens with two attached hydrogens (primary N) is 1. The molecule has 0 aliphatic carbocycles. The average molecular weight is 326 g/mol. The number of pyridine rings is 1. The van der Waals surface area contributed by atoms with Crippen molar-refractivity contribution in [1.29, 1.82) is 0 Å². The number of nitrogens with zero attached hydrogens (tertiary/aromatic N) is 1. The van der Waals surface area contributed by atoms with E-state index in [1.165, 1.54) is 0 Å². The third kappa shape index (κ3) is 5.95. The number of hydrogen-bond acceptors (Lipinski definition) is 2. The summed E-state index contributed by atoms with van der Waals surface area (Å²) in [5.74, 6) is -0.319. The second-order valence-corrected chi connectivity index (χ2v) is 6.85. The summed E-state index contributed by atoms with van der Waals surface area (Å²) in [7, 11) is 0. The van der Waals surface area contributed by atoms with Crippen molar-refractivity contribution in [3.05, 3.63) is 30.1 Å². The van der Waals surface area contributed by atoms with Gasteiger partial charge in [-0.15, -0.1) is 0 Å². The van der Waals surface area contributed by atoms with Crippen LogP contribution >= 0.6 is 34.8 Å². The Balaban J connectivity index is 2.63. The molecule has 1 aromatic rings. The van der Waals surface area contributed by atoms with Crippen molar-refractivity contribution < 1.29 is 10.1 Å². The Morgan fingerprint density at radius 1 is 1.47 bits per heavy atom. The first-order valence-corrected chi connectivity index (χ1v) is 7.03. The van der Waals surface area contributed by atoms with Crippen LogP contribution in [0.1, 0.15) is 19.4 Å². The average Bonchev–Trinajstić information content (AvgIpc) is 2.33. The lowest BCUT2D eigenvalue weighted by atomic mass is 10.2. The molecular weight excluding hydrogens is 309 g/mol. The van der Waals surface area contributed by atoms with Crippen LogP contribution in [0.5, 0.6) is 0 Å². The monoisotopic (exact) mass is 324 g/mol. The zero-order valence-corrected chi connectivity index (χ0v) is 13.0. The smallest absolute Gasteiger partial charge is 0.262 e. The molecule has 1 heterocycles. The summed E-state index contributed by atoms with van der Waals surface area (Å²) < 4.78 is -1.58. The van der Waals surface area contributed by atoms with Crippen LogP contribution in [0.2, 0.25) is 0 Å².